The van der Waals surface area contributed by atoms with Crippen molar-refractivity contribution in [2.75, 3.05) is 33.2 Å². The summed E-state index contributed by atoms with van der Waals surface area (Å²) in [5.74, 6) is 1.08. The molecule has 0 aliphatic carbocycles. The average molecular weight is 268 g/mol. The third kappa shape index (κ3) is 3.30. The molecule has 2 N–H and O–H groups in total. The van der Waals surface area contributed by atoms with Crippen LogP contribution in [0.1, 0.15) is 51.5 Å². The van der Waals surface area contributed by atoms with Gasteiger partial charge in [0.15, 0.2) is 0 Å². The number of rotatable bonds is 5. The zero-order valence-electron chi connectivity index (χ0n) is 12.7. The van der Waals surface area contributed by atoms with Gasteiger partial charge in [-0.05, 0) is 24.3 Å². The van der Waals surface area contributed by atoms with Crippen molar-refractivity contribution in [3.05, 3.63) is 5.82 Å². The molecule has 0 bridgehead atoms. The normalized spacial score (nSPS) is 25.7. The van der Waals surface area contributed by atoms with Crippen LogP contribution in [0, 0.1) is 0 Å². The highest BCUT2D eigenvalue weighted by molar-refractivity contribution is 4.89. The third-order valence-corrected chi connectivity index (χ3v) is 4.14. The van der Waals surface area contributed by atoms with Gasteiger partial charge in [-0.2, -0.15) is 0 Å². The van der Waals surface area contributed by atoms with E-state index in [0.29, 0.717) is 12.1 Å². The van der Waals surface area contributed by atoms with Crippen molar-refractivity contribution in [1.82, 2.24) is 20.2 Å². The minimum Gasteiger partial charge on any atom is -0.328 e. The molecule has 108 valence electrons. The van der Waals surface area contributed by atoms with Crippen LogP contribution < -0.4 is 9.80 Å². The number of aromatic nitrogens is 4. The maximum absolute atomic E-state index is 4.32. The smallest absolute Gasteiger partial charge is 0.209 e. The molecule has 0 radical (unpaired) electrons. The molecule has 1 aromatic rings. The first-order valence-corrected chi connectivity index (χ1v) is 7.57. The van der Waals surface area contributed by atoms with Gasteiger partial charge in [0.25, 0.3) is 0 Å². The van der Waals surface area contributed by atoms with Crippen molar-refractivity contribution < 1.29 is 9.80 Å². The highest BCUT2D eigenvalue weighted by atomic mass is 15.6. The van der Waals surface area contributed by atoms with Gasteiger partial charge in [-0.3, -0.25) is 0 Å². The van der Waals surface area contributed by atoms with Gasteiger partial charge in [0.2, 0.25) is 5.82 Å². The summed E-state index contributed by atoms with van der Waals surface area (Å²) >= 11 is 0. The summed E-state index contributed by atoms with van der Waals surface area (Å²) in [6, 6.07) is 0.789. The van der Waals surface area contributed by atoms with Crippen LogP contribution in [0.25, 0.3) is 0 Å². The van der Waals surface area contributed by atoms with E-state index in [1.807, 2.05) is 4.68 Å². The molecule has 19 heavy (non-hydrogen) atoms. The predicted molar refractivity (Wildman–Crippen MR) is 73.2 cm³/mol. The summed E-state index contributed by atoms with van der Waals surface area (Å²) in [6.45, 7) is 11.5. The van der Waals surface area contributed by atoms with E-state index in [9.17, 15) is 0 Å². The topological polar surface area (TPSA) is 52.5 Å². The van der Waals surface area contributed by atoms with Crippen LogP contribution in [0.3, 0.4) is 0 Å². The summed E-state index contributed by atoms with van der Waals surface area (Å²) < 4.78 is 2.00. The Bertz CT molecular complexity index is 380. The number of nitrogens with one attached hydrogen (secondary N) is 2. The molecule has 1 atom stereocenters. The van der Waals surface area contributed by atoms with Crippen molar-refractivity contribution in [3.63, 3.8) is 0 Å². The van der Waals surface area contributed by atoms with Crippen LogP contribution in [0.15, 0.2) is 0 Å². The van der Waals surface area contributed by atoms with Crippen LogP contribution in [-0.4, -0.2) is 53.4 Å². The van der Waals surface area contributed by atoms with E-state index in [1.165, 1.54) is 39.0 Å². The zero-order chi connectivity index (χ0) is 13.8. The number of nitrogens with zero attached hydrogens (tertiary/aromatic N) is 4. The first-order valence-electron chi connectivity index (χ1n) is 7.57. The maximum Gasteiger partial charge on any atom is 0.209 e. The average Bonchev–Trinajstić information content (AvgIpc) is 2.86. The lowest BCUT2D eigenvalue weighted by Gasteiger charge is -2.32. The van der Waals surface area contributed by atoms with Gasteiger partial charge in [-0.15, -0.1) is 5.10 Å². The summed E-state index contributed by atoms with van der Waals surface area (Å²) in [5.41, 5.74) is 0. The molecular formula is C13H28N6+2. The van der Waals surface area contributed by atoms with Gasteiger partial charge < -0.3 is 9.80 Å². The molecule has 0 amide bonds. The molecule has 2 rings (SSSR count). The van der Waals surface area contributed by atoms with E-state index in [2.05, 4.69) is 43.3 Å². The van der Waals surface area contributed by atoms with Crippen molar-refractivity contribution >= 4 is 0 Å². The number of likely N-dealkylation sites (N-methyl/N-ethyl adjacent to an activating group) is 1. The second-order valence-electron chi connectivity index (χ2n) is 6.03. The molecule has 6 heteroatoms. The van der Waals surface area contributed by atoms with Gasteiger partial charge in [0.1, 0.15) is 32.2 Å². The van der Waals surface area contributed by atoms with Crippen LogP contribution in [-0.2, 0) is 0 Å². The Morgan fingerprint density at radius 3 is 2.47 bits per heavy atom. The number of hydrogen-bond acceptors (Lipinski definition) is 3. The van der Waals surface area contributed by atoms with Crippen LogP contribution >= 0.6 is 0 Å². The van der Waals surface area contributed by atoms with Crippen molar-refractivity contribution in [1.29, 1.82) is 0 Å². The maximum atomic E-state index is 4.32. The fourth-order valence-electron chi connectivity index (χ4n) is 2.95. The molecule has 1 aromatic heterocycles. The predicted octanol–water partition coefficient (Wildman–Crippen LogP) is -1.49. The first-order chi connectivity index (χ1) is 9.13. The number of hydrogen-bond donors (Lipinski definition) is 2. The van der Waals surface area contributed by atoms with Crippen LogP contribution in [0.2, 0.25) is 0 Å². The van der Waals surface area contributed by atoms with E-state index in [0.717, 1.165) is 5.82 Å². The lowest BCUT2D eigenvalue weighted by molar-refractivity contribution is -1.02. The van der Waals surface area contributed by atoms with Crippen LogP contribution in [0.4, 0.5) is 0 Å². The highest BCUT2D eigenvalue weighted by Gasteiger charge is 2.32. The molecule has 0 spiro atoms. The Hall–Kier alpha value is -1.01. The minimum atomic E-state index is 0.335. The number of piperazine rings is 1. The first kappa shape index (κ1) is 14.4. The Kier molecular flexibility index (Phi) is 4.87. The van der Waals surface area contributed by atoms with E-state index in [-0.39, 0.29) is 0 Å². The molecule has 0 unspecified atom stereocenters. The lowest BCUT2D eigenvalue weighted by Crippen LogP contribution is -3.27. The standard InChI is InChI=1S/C13H26N6/c1-5-6-12(18-9-7-17(4)8-10-18)13-14-15-16-19(13)11(2)3/h11-12H,5-10H2,1-4H3/p+2/t12-/m1/s1. The molecule has 1 aliphatic rings. The lowest BCUT2D eigenvalue weighted by atomic mass is 10.1. The fraction of sp³-hybridized carbons (Fsp3) is 0.923. The van der Waals surface area contributed by atoms with Crippen molar-refractivity contribution in [2.45, 2.75) is 45.7 Å². The second kappa shape index (κ2) is 6.43. The molecule has 1 saturated heterocycles. The molecule has 0 saturated carbocycles. The Labute approximate surface area is 115 Å². The summed E-state index contributed by atoms with van der Waals surface area (Å²) in [4.78, 5) is 3.30. The Balaban J connectivity index is 2.17. The van der Waals surface area contributed by atoms with Gasteiger partial charge in [0.05, 0.1) is 13.1 Å². The molecule has 1 fully saturated rings. The van der Waals surface area contributed by atoms with E-state index in [4.69, 9.17) is 0 Å². The fourth-order valence-corrected chi connectivity index (χ4v) is 2.95. The van der Waals surface area contributed by atoms with Gasteiger partial charge in [0, 0.05) is 6.42 Å². The van der Waals surface area contributed by atoms with Crippen molar-refractivity contribution in [3.8, 4) is 0 Å². The zero-order valence-corrected chi connectivity index (χ0v) is 12.7. The monoisotopic (exact) mass is 268 g/mol. The van der Waals surface area contributed by atoms with Crippen LogP contribution in [0.5, 0.6) is 0 Å². The van der Waals surface area contributed by atoms with E-state index in [1.54, 1.807) is 9.80 Å². The Morgan fingerprint density at radius 1 is 1.21 bits per heavy atom. The third-order valence-electron chi connectivity index (χ3n) is 4.14. The minimum absolute atomic E-state index is 0.335. The van der Waals surface area contributed by atoms with Crippen molar-refractivity contribution in [2.24, 2.45) is 0 Å². The molecule has 0 aromatic carbocycles. The largest absolute Gasteiger partial charge is 0.328 e. The number of tetrazole rings is 1. The summed E-state index contributed by atoms with van der Waals surface area (Å²) in [5, 5.41) is 12.4. The summed E-state index contributed by atoms with van der Waals surface area (Å²) in [6.07, 6.45) is 2.35. The van der Waals surface area contributed by atoms with Gasteiger partial charge in [-0.25, -0.2) is 4.68 Å². The molecular weight excluding hydrogens is 240 g/mol. The highest BCUT2D eigenvalue weighted by Crippen LogP contribution is 2.15. The van der Waals surface area contributed by atoms with Gasteiger partial charge >= 0.3 is 0 Å². The van der Waals surface area contributed by atoms with Gasteiger partial charge in [-0.1, -0.05) is 13.3 Å². The number of quaternary nitrogens is 2. The van der Waals surface area contributed by atoms with E-state index < -0.39 is 0 Å². The quantitative estimate of drug-likeness (QED) is 0.684. The van der Waals surface area contributed by atoms with E-state index >= 15 is 0 Å². The molecule has 6 nitrogen and oxygen atoms in total. The summed E-state index contributed by atoms with van der Waals surface area (Å²) in [7, 11) is 2.28. The molecule has 2 heterocycles. The Morgan fingerprint density at radius 2 is 1.89 bits per heavy atom. The SMILES string of the molecule is CCC[C@H](c1nnnn1C(C)C)[NH+]1CC[NH+](C)CC1. The molecule has 1 aliphatic heterocycles. The second-order valence-corrected chi connectivity index (χ2v) is 6.03.